The molecule has 1 aromatic carbocycles. The fraction of sp³-hybridized carbons (Fsp3) is 0.167. The Morgan fingerprint density at radius 3 is 2.39 bits per heavy atom. The Bertz CT molecular complexity index is 606. The summed E-state index contributed by atoms with van der Waals surface area (Å²) in [5.41, 5.74) is 5.62. The lowest BCUT2D eigenvalue weighted by Gasteiger charge is -2.14. The highest BCUT2D eigenvalue weighted by Gasteiger charge is 2.28. The third-order valence-electron chi connectivity index (χ3n) is 2.59. The Hall–Kier alpha value is -0.880. The first kappa shape index (κ1) is 13.5. The van der Waals surface area contributed by atoms with Gasteiger partial charge in [-0.3, -0.25) is 0 Å². The number of benzene rings is 1. The monoisotopic (exact) mass is 301 g/mol. The second kappa shape index (κ2) is 5.40. The molecule has 6 heteroatoms. The molecule has 0 aliphatic rings. The van der Waals surface area contributed by atoms with Crippen LogP contribution in [0.2, 0.25) is 5.02 Å². The van der Waals surface area contributed by atoms with Crippen molar-refractivity contribution in [1.29, 1.82) is 0 Å². The van der Waals surface area contributed by atoms with Gasteiger partial charge in [0.05, 0.1) is 4.90 Å². The average Bonchev–Trinajstić information content (AvgIpc) is 2.84. The molecule has 2 aromatic rings. The topological polar surface area (TPSA) is 60.2 Å². The van der Waals surface area contributed by atoms with Gasteiger partial charge in [-0.1, -0.05) is 17.7 Å². The van der Waals surface area contributed by atoms with Gasteiger partial charge >= 0.3 is 0 Å². The Balaban J connectivity index is 2.44. The van der Waals surface area contributed by atoms with E-state index in [4.69, 9.17) is 17.3 Å². The minimum atomic E-state index is -3.46. The van der Waals surface area contributed by atoms with Crippen LogP contribution >= 0.6 is 22.9 Å². The van der Waals surface area contributed by atoms with Gasteiger partial charge in [0.15, 0.2) is 9.84 Å². The molecule has 0 radical (unpaired) electrons. The van der Waals surface area contributed by atoms with Crippen LogP contribution in [0.5, 0.6) is 0 Å². The van der Waals surface area contributed by atoms with E-state index in [9.17, 15) is 8.42 Å². The van der Waals surface area contributed by atoms with Crippen LogP contribution in [0.25, 0.3) is 0 Å². The van der Waals surface area contributed by atoms with Crippen LogP contribution in [-0.2, 0) is 9.84 Å². The quantitative estimate of drug-likeness (QED) is 0.944. The summed E-state index contributed by atoms with van der Waals surface area (Å²) >= 11 is 7.15. The van der Waals surface area contributed by atoms with Crippen LogP contribution in [0.3, 0.4) is 0 Å². The van der Waals surface area contributed by atoms with E-state index >= 15 is 0 Å². The highest BCUT2D eigenvalue weighted by molar-refractivity contribution is 7.91. The van der Waals surface area contributed by atoms with Crippen molar-refractivity contribution in [3.8, 4) is 0 Å². The maximum absolute atomic E-state index is 12.5. The van der Waals surface area contributed by atoms with Crippen molar-refractivity contribution < 1.29 is 8.42 Å². The first-order valence-corrected chi connectivity index (χ1v) is 8.09. The smallest absolute Gasteiger partial charge is 0.187 e. The molecular formula is C12H12ClNO2S2. The number of sulfone groups is 1. The predicted octanol–water partition coefficient (Wildman–Crippen LogP) is 2.88. The summed E-state index contributed by atoms with van der Waals surface area (Å²) in [6, 6.07) is 9.75. The third-order valence-corrected chi connectivity index (χ3v) is 6.10. The van der Waals surface area contributed by atoms with E-state index in [1.807, 2.05) is 11.4 Å². The van der Waals surface area contributed by atoms with E-state index in [0.717, 1.165) is 4.88 Å². The summed E-state index contributed by atoms with van der Waals surface area (Å²) < 4.78 is 24.9. The van der Waals surface area contributed by atoms with Crippen molar-refractivity contribution in [2.24, 2.45) is 5.73 Å². The van der Waals surface area contributed by atoms with Gasteiger partial charge in [0, 0.05) is 16.4 Å². The van der Waals surface area contributed by atoms with Gasteiger partial charge in [0.2, 0.25) is 0 Å². The highest BCUT2D eigenvalue weighted by Crippen LogP contribution is 2.31. The van der Waals surface area contributed by atoms with Gasteiger partial charge in [0.25, 0.3) is 0 Å². The summed E-state index contributed by atoms with van der Waals surface area (Å²) in [7, 11) is -3.46. The van der Waals surface area contributed by atoms with Gasteiger partial charge in [-0.25, -0.2) is 8.42 Å². The number of rotatable bonds is 4. The molecule has 0 aliphatic carbocycles. The molecule has 0 amide bonds. The molecule has 3 nitrogen and oxygen atoms in total. The summed E-state index contributed by atoms with van der Waals surface area (Å²) in [6.07, 6.45) is 0. The molecule has 1 atom stereocenters. The van der Waals surface area contributed by atoms with E-state index in [1.165, 1.54) is 23.5 Å². The van der Waals surface area contributed by atoms with Crippen LogP contribution in [0.4, 0.5) is 0 Å². The van der Waals surface area contributed by atoms with Gasteiger partial charge < -0.3 is 5.73 Å². The molecule has 0 fully saturated rings. The fourth-order valence-corrected chi connectivity index (χ4v) is 4.53. The maximum atomic E-state index is 12.5. The Labute approximate surface area is 115 Å². The second-order valence-electron chi connectivity index (χ2n) is 3.74. The van der Waals surface area contributed by atoms with Crippen LogP contribution in [0, 0.1) is 0 Å². The molecule has 96 valence electrons. The van der Waals surface area contributed by atoms with Crippen molar-refractivity contribution in [3.63, 3.8) is 0 Å². The number of thiophene rings is 1. The molecule has 0 spiro atoms. The molecule has 2 rings (SSSR count). The van der Waals surface area contributed by atoms with Crippen molar-refractivity contribution in [2.45, 2.75) is 10.1 Å². The average molecular weight is 302 g/mol. The molecule has 0 unspecified atom stereocenters. The van der Waals surface area contributed by atoms with Gasteiger partial charge in [-0.05, 0) is 35.7 Å². The number of hydrogen-bond acceptors (Lipinski definition) is 4. The predicted molar refractivity (Wildman–Crippen MR) is 74.8 cm³/mol. The van der Waals surface area contributed by atoms with Crippen LogP contribution in [0.1, 0.15) is 10.1 Å². The van der Waals surface area contributed by atoms with Gasteiger partial charge in [-0.15, -0.1) is 11.3 Å². The number of nitrogens with two attached hydrogens (primary N) is 1. The first-order chi connectivity index (χ1) is 8.55. The van der Waals surface area contributed by atoms with E-state index < -0.39 is 15.1 Å². The van der Waals surface area contributed by atoms with Crippen LogP contribution < -0.4 is 5.73 Å². The zero-order chi connectivity index (χ0) is 13.2. The van der Waals surface area contributed by atoms with Gasteiger partial charge in [0.1, 0.15) is 5.25 Å². The Morgan fingerprint density at radius 2 is 1.89 bits per heavy atom. The van der Waals surface area contributed by atoms with Crippen molar-refractivity contribution >= 4 is 32.8 Å². The highest BCUT2D eigenvalue weighted by atomic mass is 35.5. The molecule has 18 heavy (non-hydrogen) atoms. The van der Waals surface area contributed by atoms with Crippen LogP contribution in [-0.4, -0.2) is 15.0 Å². The zero-order valence-corrected chi connectivity index (χ0v) is 11.8. The molecule has 1 aromatic heterocycles. The molecular weight excluding hydrogens is 290 g/mol. The largest absolute Gasteiger partial charge is 0.329 e. The molecule has 0 saturated carbocycles. The Morgan fingerprint density at radius 1 is 1.22 bits per heavy atom. The summed E-state index contributed by atoms with van der Waals surface area (Å²) in [5, 5.41) is 1.66. The standard InChI is InChI=1S/C12H12ClNO2S2/c13-9-3-5-10(6-4-9)18(15,16)12(8-14)11-2-1-7-17-11/h1-7,12H,8,14H2/t12-/m0/s1. The summed E-state index contributed by atoms with van der Waals surface area (Å²) in [5.74, 6) is 0. The third kappa shape index (κ3) is 2.59. The number of halogens is 1. The van der Waals surface area contributed by atoms with Crippen molar-refractivity contribution in [3.05, 3.63) is 51.7 Å². The summed E-state index contributed by atoms with van der Waals surface area (Å²) in [4.78, 5) is 1.00. The first-order valence-electron chi connectivity index (χ1n) is 5.28. The molecule has 0 saturated heterocycles. The SMILES string of the molecule is NC[C@@H](c1cccs1)S(=O)(=O)c1ccc(Cl)cc1. The zero-order valence-electron chi connectivity index (χ0n) is 9.41. The van der Waals surface area contributed by atoms with E-state index in [1.54, 1.807) is 18.2 Å². The number of hydrogen-bond donors (Lipinski definition) is 1. The summed E-state index contributed by atoms with van der Waals surface area (Å²) in [6.45, 7) is 0.0610. The van der Waals surface area contributed by atoms with Crippen LogP contribution in [0.15, 0.2) is 46.7 Å². The minimum Gasteiger partial charge on any atom is -0.329 e. The van der Waals surface area contributed by atoms with E-state index in [2.05, 4.69) is 0 Å². The molecule has 2 N–H and O–H groups in total. The maximum Gasteiger partial charge on any atom is 0.187 e. The van der Waals surface area contributed by atoms with Crippen molar-refractivity contribution in [1.82, 2.24) is 0 Å². The lowest BCUT2D eigenvalue weighted by molar-refractivity contribution is 0.583. The molecule has 0 aliphatic heterocycles. The molecule has 1 heterocycles. The fourth-order valence-electron chi connectivity index (χ4n) is 1.66. The lowest BCUT2D eigenvalue weighted by atomic mass is 10.3. The molecule has 0 bridgehead atoms. The Kier molecular flexibility index (Phi) is 4.07. The minimum absolute atomic E-state index is 0.0610. The second-order valence-corrected chi connectivity index (χ2v) is 7.28. The lowest BCUT2D eigenvalue weighted by Crippen LogP contribution is -2.21. The van der Waals surface area contributed by atoms with E-state index in [-0.39, 0.29) is 11.4 Å². The normalized spacial score (nSPS) is 13.4. The van der Waals surface area contributed by atoms with E-state index in [0.29, 0.717) is 5.02 Å². The van der Waals surface area contributed by atoms with Gasteiger partial charge in [-0.2, -0.15) is 0 Å². The van der Waals surface area contributed by atoms with Crippen molar-refractivity contribution in [2.75, 3.05) is 6.54 Å².